The van der Waals surface area contributed by atoms with E-state index in [0.29, 0.717) is 11.4 Å². The molecule has 1 N–H and O–H groups in total. The first-order valence-corrected chi connectivity index (χ1v) is 7.40. The predicted molar refractivity (Wildman–Crippen MR) is 81.9 cm³/mol. The van der Waals surface area contributed by atoms with Gasteiger partial charge in [-0.25, -0.2) is 0 Å². The number of nitrogens with one attached hydrogen (secondary N) is 1. The molecule has 0 aliphatic heterocycles. The van der Waals surface area contributed by atoms with E-state index in [4.69, 9.17) is 4.52 Å². The summed E-state index contributed by atoms with van der Waals surface area (Å²) in [6.45, 7) is 0.0776. The van der Waals surface area contributed by atoms with Gasteiger partial charge in [0, 0.05) is 17.7 Å². The van der Waals surface area contributed by atoms with Crippen molar-refractivity contribution < 1.29 is 14.2 Å². The number of hydrogen-bond acceptors (Lipinski definition) is 7. The van der Waals surface area contributed by atoms with Gasteiger partial charge >= 0.3 is 0 Å². The van der Waals surface area contributed by atoms with Crippen LogP contribution in [0.5, 0.6) is 0 Å². The summed E-state index contributed by atoms with van der Waals surface area (Å²) in [7, 11) is 0. The number of thiophene rings is 1. The minimum Gasteiger partial charge on any atom is -0.343 e. The number of amides is 1. The highest BCUT2D eigenvalue weighted by Gasteiger charge is 2.12. The second kappa shape index (κ2) is 6.36. The van der Waals surface area contributed by atoms with E-state index in [9.17, 15) is 14.9 Å². The van der Waals surface area contributed by atoms with Gasteiger partial charge in [0.1, 0.15) is 0 Å². The molecule has 1 aromatic carbocycles. The third-order valence-electron chi connectivity index (χ3n) is 2.95. The molecule has 23 heavy (non-hydrogen) atoms. The standard InChI is InChI=1S/C14H10N4O4S/c19-14(9-3-5-10(6-4-9)18(20)21)15-8-12-16-13(17-22-12)11-2-1-7-23-11/h1-7H,8H2,(H,15,19). The maximum Gasteiger partial charge on any atom is 0.269 e. The normalized spacial score (nSPS) is 10.4. The number of rotatable bonds is 5. The van der Waals surface area contributed by atoms with Crippen LogP contribution < -0.4 is 5.32 Å². The Bertz CT molecular complexity index is 827. The predicted octanol–water partition coefficient (Wildman–Crippen LogP) is 2.64. The minimum atomic E-state index is -0.522. The summed E-state index contributed by atoms with van der Waals surface area (Å²) in [5, 5.41) is 18.9. The van der Waals surface area contributed by atoms with E-state index < -0.39 is 4.92 Å². The van der Waals surface area contributed by atoms with Crippen LogP contribution in [0.3, 0.4) is 0 Å². The van der Waals surface area contributed by atoms with E-state index in [1.54, 1.807) is 0 Å². The molecule has 116 valence electrons. The largest absolute Gasteiger partial charge is 0.343 e. The first-order chi connectivity index (χ1) is 11.1. The third kappa shape index (κ3) is 3.40. The summed E-state index contributed by atoms with van der Waals surface area (Å²) in [5.74, 6) is 0.374. The maximum absolute atomic E-state index is 12.0. The molecule has 8 nitrogen and oxygen atoms in total. The van der Waals surface area contributed by atoms with Gasteiger partial charge in [0.15, 0.2) is 0 Å². The van der Waals surface area contributed by atoms with Crippen molar-refractivity contribution in [1.82, 2.24) is 15.5 Å². The molecule has 0 atom stereocenters. The van der Waals surface area contributed by atoms with Gasteiger partial charge in [-0.15, -0.1) is 11.3 Å². The van der Waals surface area contributed by atoms with Crippen molar-refractivity contribution >= 4 is 22.9 Å². The Kier molecular flexibility index (Phi) is 4.11. The molecule has 1 amide bonds. The first kappa shape index (κ1) is 14.9. The van der Waals surface area contributed by atoms with Crippen LogP contribution in [0.15, 0.2) is 46.3 Å². The lowest BCUT2D eigenvalue weighted by Gasteiger charge is -2.01. The number of nitro groups is 1. The van der Waals surface area contributed by atoms with Gasteiger partial charge in [0.05, 0.1) is 16.3 Å². The number of nitrogens with zero attached hydrogens (tertiary/aromatic N) is 3. The molecule has 0 spiro atoms. The number of carbonyl (C=O) groups is 1. The van der Waals surface area contributed by atoms with Gasteiger partial charge < -0.3 is 9.84 Å². The third-order valence-corrected chi connectivity index (χ3v) is 3.82. The van der Waals surface area contributed by atoms with Crippen molar-refractivity contribution in [3.63, 3.8) is 0 Å². The van der Waals surface area contributed by atoms with E-state index in [1.807, 2.05) is 17.5 Å². The first-order valence-electron chi connectivity index (χ1n) is 6.52. The Balaban J connectivity index is 1.61. The summed E-state index contributed by atoms with van der Waals surface area (Å²) < 4.78 is 5.07. The molecule has 0 fully saturated rings. The van der Waals surface area contributed by atoms with Crippen LogP contribution in [0, 0.1) is 10.1 Å². The van der Waals surface area contributed by atoms with Crippen LogP contribution in [-0.4, -0.2) is 21.0 Å². The van der Waals surface area contributed by atoms with Crippen molar-refractivity contribution in [3.05, 3.63) is 63.3 Å². The average molecular weight is 330 g/mol. The van der Waals surface area contributed by atoms with Gasteiger partial charge in [-0.3, -0.25) is 14.9 Å². The fourth-order valence-electron chi connectivity index (χ4n) is 1.83. The fraction of sp³-hybridized carbons (Fsp3) is 0.0714. The molecule has 3 aromatic rings. The quantitative estimate of drug-likeness (QED) is 0.568. The van der Waals surface area contributed by atoms with Gasteiger partial charge in [-0.1, -0.05) is 11.2 Å². The molecular formula is C14H10N4O4S. The van der Waals surface area contributed by atoms with E-state index in [2.05, 4.69) is 15.5 Å². The number of non-ortho nitro benzene ring substituents is 1. The molecule has 0 unspecified atom stereocenters. The van der Waals surface area contributed by atoms with Crippen LogP contribution in [0.25, 0.3) is 10.7 Å². The Labute approximate surface area is 133 Å². The lowest BCUT2D eigenvalue weighted by atomic mass is 10.2. The second-order valence-electron chi connectivity index (χ2n) is 4.48. The summed E-state index contributed by atoms with van der Waals surface area (Å²) in [6.07, 6.45) is 0. The average Bonchev–Trinajstić information content (AvgIpc) is 3.23. The van der Waals surface area contributed by atoms with Gasteiger partial charge in [-0.05, 0) is 23.6 Å². The fourth-order valence-corrected chi connectivity index (χ4v) is 2.47. The van der Waals surface area contributed by atoms with Crippen molar-refractivity contribution in [2.24, 2.45) is 0 Å². The van der Waals surface area contributed by atoms with Crippen molar-refractivity contribution in [1.29, 1.82) is 0 Å². The number of hydrogen-bond donors (Lipinski definition) is 1. The van der Waals surface area contributed by atoms with Crippen molar-refractivity contribution in [2.75, 3.05) is 0 Å². The van der Waals surface area contributed by atoms with Crippen molar-refractivity contribution in [2.45, 2.75) is 6.54 Å². The molecule has 9 heteroatoms. The summed E-state index contributed by atoms with van der Waals surface area (Å²) in [6, 6.07) is 9.07. The molecule has 2 heterocycles. The number of carbonyl (C=O) groups excluding carboxylic acids is 1. The smallest absolute Gasteiger partial charge is 0.269 e. The highest BCUT2D eigenvalue weighted by atomic mass is 32.1. The highest BCUT2D eigenvalue weighted by molar-refractivity contribution is 7.13. The maximum atomic E-state index is 12.0. The number of nitro benzene ring substituents is 1. The molecule has 0 saturated heterocycles. The number of aromatic nitrogens is 2. The second-order valence-corrected chi connectivity index (χ2v) is 5.42. The summed E-state index contributed by atoms with van der Waals surface area (Å²) in [5.41, 5.74) is 0.243. The monoisotopic (exact) mass is 330 g/mol. The topological polar surface area (TPSA) is 111 Å². The number of benzene rings is 1. The molecule has 0 aliphatic carbocycles. The van der Waals surface area contributed by atoms with Crippen LogP contribution in [-0.2, 0) is 6.54 Å². The van der Waals surface area contributed by atoms with E-state index >= 15 is 0 Å². The summed E-state index contributed by atoms with van der Waals surface area (Å²) >= 11 is 1.49. The lowest BCUT2D eigenvalue weighted by Crippen LogP contribution is -2.22. The Morgan fingerprint density at radius 1 is 1.30 bits per heavy atom. The van der Waals surface area contributed by atoms with Crippen LogP contribution in [0.4, 0.5) is 5.69 Å². The van der Waals surface area contributed by atoms with E-state index in [-0.39, 0.29) is 24.0 Å². The molecule has 3 rings (SSSR count). The molecule has 0 aliphatic rings. The zero-order chi connectivity index (χ0) is 16.2. The van der Waals surface area contributed by atoms with Crippen molar-refractivity contribution in [3.8, 4) is 10.7 Å². The minimum absolute atomic E-state index is 0.0703. The molecular weight excluding hydrogens is 320 g/mol. The van der Waals surface area contributed by atoms with Crippen LogP contribution in [0.2, 0.25) is 0 Å². The molecule has 2 aromatic heterocycles. The van der Waals surface area contributed by atoms with Gasteiger partial charge in [-0.2, -0.15) is 4.98 Å². The zero-order valence-corrected chi connectivity index (χ0v) is 12.4. The summed E-state index contributed by atoms with van der Waals surface area (Å²) in [4.78, 5) is 27.1. The Hall–Kier alpha value is -3.07. The molecule has 0 saturated carbocycles. The molecule has 0 bridgehead atoms. The SMILES string of the molecule is O=C(NCc1nc(-c2cccs2)no1)c1ccc([N+](=O)[O-])cc1. The zero-order valence-electron chi connectivity index (χ0n) is 11.6. The van der Waals surface area contributed by atoms with Gasteiger partial charge in [0.25, 0.3) is 11.6 Å². The Morgan fingerprint density at radius 3 is 2.74 bits per heavy atom. The van der Waals surface area contributed by atoms with Gasteiger partial charge in [0.2, 0.25) is 11.7 Å². The highest BCUT2D eigenvalue weighted by Crippen LogP contribution is 2.21. The van der Waals surface area contributed by atoms with Crippen LogP contribution >= 0.6 is 11.3 Å². The lowest BCUT2D eigenvalue weighted by molar-refractivity contribution is -0.384. The Morgan fingerprint density at radius 2 is 2.09 bits per heavy atom. The molecule has 0 radical (unpaired) electrons. The van der Waals surface area contributed by atoms with E-state index in [1.165, 1.54) is 35.6 Å². The van der Waals surface area contributed by atoms with Crippen LogP contribution in [0.1, 0.15) is 16.2 Å². The van der Waals surface area contributed by atoms with E-state index in [0.717, 1.165) is 4.88 Å².